The number of ether oxygens (including phenoxy) is 1. The van der Waals surface area contributed by atoms with E-state index in [2.05, 4.69) is 4.98 Å². The summed E-state index contributed by atoms with van der Waals surface area (Å²) in [7, 11) is 1.63. The fourth-order valence-corrected chi connectivity index (χ4v) is 3.02. The molecule has 0 amide bonds. The van der Waals surface area contributed by atoms with E-state index in [1.165, 1.54) is 11.3 Å². The van der Waals surface area contributed by atoms with Crippen LogP contribution in [0.1, 0.15) is 0 Å². The Morgan fingerprint density at radius 3 is 2.84 bits per heavy atom. The van der Waals surface area contributed by atoms with Crippen LogP contribution in [-0.4, -0.2) is 17.2 Å². The maximum atomic E-state index is 9.90. The van der Waals surface area contributed by atoms with Crippen molar-refractivity contribution in [3.05, 3.63) is 41.4 Å². The molecule has 0 aliphatic carbocycles. The summed E-state index contributed by atoms with van der Waals surface area (Å²) in [4.78, 5) is 4.50. The van der Waals surface area contributed by atoms with Gasteiger partial charge < -0.3 is 9.84 Å². The summed E-state index contributed by atoms with van der Waals surface area (Å²) in [5, 5.41) is 11.2. The maximum absolute atomic E-state index is 9.90. The molecular weight excluding hydrogens is 282 g/mol. The first-order chi connectivity index (χ1) is 9.17. The SMILES string of the molecule is COc1ccc2nc(-c3cc(Cl)ccc3O)sc2c1. The van der Waals surface area contributed by atoms with Gasteiger partial charge in [0.1, 0.15) is 16.5 Å². The van der Waals surface area contributed by atoms with Crippen LogP contribution in [0.2, 0.25) is 5.02 Å². The number of halogens is 1. The molecule has 0 spiro atoms. The number of aromatic hydroxyl groups is 1. The zero-order valence-electron chi connectivity index (χ0n) is 10.1. The molecule has 3 nitrogen and oxygen atoms in total. The molecule has 19 heavy (non-hydrogen) atoms. The van der Waals surface area contributed by atoms with Gasteiger partial charge in [-0.3, -0.25) is 0 Å². The summed E-state index contributed by atoms with van der Waals surface area (Å²) in [6.45, 7) is 0. The zero-order chi connectivity index (χ0) is 13.4. The van der Waals surface area contributed by atoms with Crippen LogP contribution in [0.4, 0.5) is 0 Å². The number of fused-ring (bicyclic) bond motifs is 1. The van der Waals surface area contributed by atoms with Crippen molar-refractivity contribution in [2.75, 3.05) is 7.11 Å². The number of benzene rings is 2. The number of phenolic OH excluding ortho intramolecular Hbond substituents is 1. The quantitative estimate of drug-likeness (QED) is 0.764. The molecule has 0 atom stereocenters. The highest BCUT2D eigenvalue weighted by atomic mass is 35.5. The first kappa shape index (κ1) is 12.3. The lowest BCUT2D eigenvalue weighted by atomic mass is 10.2. The van der Waals surface area contributed by atoms with Crippen LogP contribution < -0.4 is 4.74 Å². The van der Waals surface area contributed by atoms with Crippen molar-refractivity contribution in [3.8, 4) is 22.1 Å². The van der Waals surface area contributed by atoms with Gasteiger partial charge in [0.15, 0.2) is 0 Å². The van der Waals surface area contributed by atoms with Gasteiger partial charge in [-0.15, -0.1) is 11.3 Å². The largest absolute Gasteiger partial charge is 0.507 e. The highest BCUT2D eigenvalue weighted by Gasteiger charge is 2.11. The molecule has 0 saturated carbocycles. The molecule has 1 aromatic heterocycles. The first-order valence-electron chi connectivity index (χ1n) is 5.61. The maximum Gasteiger partial charge on any atom is 0.128 e. The first-order valence-corrected chi connectivity index (χ1v) is 6.80. The van der Waals surface area contributed by atoms with Crippen molar-refractivity contribution in [2.45, 2.75) is 0 Å². The summed E-state index contributed by atoms with van der Waals surface area (Å²) in [6.07, 6.45) is 0. The van der Waals surface area contributed by atoms with Crippen molar-refractivity contribution in [2.24, 2.45) is 0 Å². The van der Waals surface area contributed by atoms with Gasteiger partial charge in [-0.1, -0.05) is 11.6 Å². The number of hydrogen-bond acceptors (Lipinski definition) is 4. The van der Waals surface area contributed by atoms with E-state index < -0.39 is 0 Å². The molecule has 1 heterocycles. The molecule has 0 aliphatic heterocycles. The third kappa shape index (κ3) is 2.25. The van der Waals surface area contributed by atoms with E-state index >= 15 is 0 Å². The Hall–Kier alpha value is -1.78. The lowest BCUT2D eigenvalue weighted by Gasteiger charge is -2.00. The molecule has 0 fully saturated rings. The number of methoxy groups -OCH3 is 1. The fraction of sp³-hybridized carbons (Fsp3) is 0.0714. The Morgan fingerprint density at radius 2 is 2.05 bits per heavy atom. The lowest BCUT2D eigenvalue weighted by molar-refractivity contribution is 0.415. The molecule has 0 aliphatic rings. The fourth-order valence-electron chi connectivity index (χ4n) is 1.83. The zero-order valence-corrected chi connectivity index (χ0v) is 11.6. The van der Waals surface area contributed by atoms with Crippen molar-refractivity contribution < 1.29 is 9.84 Å². The third-order valence-corrected chi connectivity index (χ3v) is 4.07. The Morgan fingerprint density at radius 1 is 1.21 bits per heavy atom. The van der Waals surface area contributed by atoms with Crippen molar-refractivity contribution in [1.29, 1.82) is 0 Å². The number of rotatable bonds is 2. The minimum atomic E-state index is 0.176. The van der Waals surface area contributed by atoms with E-state index in [4.69, 9.17) is 16.3 Å². The Bertz CT molecular complexity index is 754. The Kier molecular flexibility index (Phi) is 3.05. The van der Waals surface area contributed by atoms with Gasteiger partial charge in [0.2, 0.25) is 0 Å². The van der Waals surface area contributed by atoms with Crippen LogP contribution in [0.15, 0.2) is 36.4 Å². The average molecular weight is 292 g/mol. The number of nitrogens with zero attached hydrogens (tertiary/aromatic N) is 1. The molecule has 5 heteroatoms. The minimum absolute atomic E-state index is 0.176. The topological polar surface area (TPSA) is 42.4 Å². The average Bonchev–Trinajstić information content (AvgIpc) is 2.83. The van der Waals surface area contributed by atoms with Gasteiger partial charge in [0.25, 0.3) is 0 Å². The van der Waals surface area contributed by atoms with E-state index in [1.54, 1.807) is 25.3 Å². The van der Waals surface area contributed by atoms with E-state index in [-0.39, 0.29) is 5.75 Å². The van der Waals surface area contributed by atoms with Crippen LogP contribution in [0, 0.1) is 0 Å². The molecule has 0 radical (unpaired) electrons. The molecule has 1 N–H and O–H groups in total. The highest BCUT2D eigenvalue weighted by Crippen LogP contribution is 2.37. The highest BCUT2D eigenvalue weighted by molar-refractivity contribution is 7.21. The molecular formula is C14H10ClNO2S. The van der Waals surface area contributed by atoms with Crippen LogP contribution in [0.5, 0.6) is 11.5 Å². The van der Waals surface area contributed by atoms with Gasteiger partial charge in [0, 0.05) is 5.02 Å². The van der Waals surface area contributed by atoms with Gasteiger partial charge >= 0.3 is 0 Å². The second-order valence-electron chi connectivity index (χ2n) is 4.01. The number of aromatic nitrogens is 1. The molecule has 0 bridgehead atoms. The monoisotopic (exact) mass is 291 g/mol. The van der Waals surface area contributed by atoms with Crippen LogP contribution >= 0.6 is 22.9 Å². The second kappa shape index (κ2) is 4.72. The number of hydrogen-bond donors (Lipinski definition) is 1. The number of thiazole rings is 1. The van der Waals surface area contributed by atoms with Gasteiger partial charge in [-0.25, -0.2) is 4.98 Å². The molecule has 96 valence electrons. The predicted octanol–water partition coefficient (Wildman–Crippen LogP) is 4.33. The second-order valence-corrected chi connectivity index (χ2v) is 5.48. The van der Waals surface area contributed by atoms with Crippen molar-refractivity contribution in [3.63, 3.8) is 0 Å². The van der Waals surface area contributed by atoms with Gasteiger partial charge in [-0.05, 0) is 36.4 Å². The normalized spacial score (nSPS) is 10.8. The minimum Gasteiger partial charge on any atom is -0.507 e. The van der Waals surface area contributed by atoms with Gasteiger partial charge in [0.05, 0.1) is 22.9 Å². The van der Waals surface area contributed by atoms with Crippen molar-refractivity contribution in [1.82, 2.24) is 4.98 Å². The summed E-state index contributed by atoms with van der Waals surface area (Å²) in [6, 6.07) is 10.6. The van der Waals surface area contributed by atoms with E-state index in [1.807, 2.05) is 18.2 Å². The molecule has 2 aromatic carbocycles. The smallest absolute Gasteiger partial charge is 0.128 e. The summed E-state index contributed by atoms with van der Waals surface area (Å²) in [5.41, 5.74) is 1.52. The predicted molar refractivity (Wildman–Crippen MR) is 78.3 cm³/mol. The standard InChI is InChI=1S/C14H10ClNO2S/c1-18-9-3-4-11-13(7-9)19-14(16-11)10-6-8(15)2-5-12(10)17/h2-7,17H,1H3. The van der Waals surface area contributed by atoms with E-state index in [0.717, 1.165) is 21.0 Å². The molecule has 0 unspecified atom stereocenters. The van der Waals surface area contributed by atoms with E-state index in [9.17, 15) is 5.11 Å². The van der Waals surface area contributed by atoms with Crippen molar-refractivity contribution >= 4 is 33.2 Å². The molecule has 0 saturated heterocycles. The Balaban J connectivity index is 2.17. The summed E-state index contributed by atoms with van der Waals surface area (Å²) in [5.74, 6) is 0.966. The lowest BCUT2D eigenvalue weighted by Crippen LogP contribution is -1.80. The summed E-state index contributed by atoms with van der Waals surface area (Å²) < 4.78 is 6.20. The van der Waals surface area contributed by atoms with Gasteiger partial charge in [-0.2, -0.15) is 0 Å². The Labute approximate surface area is 119 Å². The molecule has 3 aromatic rings. The third-order valence-electron chi connectivity index (χ3n) is 2.78. The molecule has 3 rings (SSSR count). The van der Waals surface area contributed by atoms with Crippen LogP contribution in [0.25, 0.3) is 20.8 Å². The summed E-state index contributed by atoms with van der Waals surface area (Å²) >= 11 is 7.45. The van der Waals surface area contributed by atoms with Crippen LogP contribution in [-0.2, 0) is 0 Å². The number of phenols is 1. The van der Waals surface area contributed by atoms with E-state index in [0.29, 0.717) is 10.6 Å². The van der Waals surface area contributed by atoms with Crippen LogP contribution in [0.3, 0.4) is 0 Å².